The van der Waals surface area contributed by atoms with Crippen LogP contribution < -0.4 is 11.5 Å². The van der Waals surface area contributed by atoms with Crippen molar-refractivity contribution in [2.24, 2.45) is 0 Å². The molecule has 0 aliphatic heterocycles. The van der Waals surface area contributed by atoms with Crippen LogP contribution in [0.3, 0.4) is 0 Å². The van der Waals surface area contributed by atoms with Crippen LogP contribution in [0.25, 0.3) is 0 Å². The van der Waals surface area contributed by atoms with Crippen molar-refractivity contribution < 1.29 is 0 Å². The van der Waals surface area contributed by atoms with Gasteiger partial charge in [0.15, 0.2) is 5.13 Å². The zero-order valence-electron chi connectivity index (χ0n) is 7.62. The SMILES string of the molecule is Nc1nc(C2CCCCC2)c(N)s1. The fourth-order valence-corrected chi connectivity index (χ4v) is 2.72. The van der Waals surface area contributed by atoms with Gasteiger partial charge in [0.05, 0.1) is 5.69 Å². The Kier molecular flexibility index (Phi) is 2.40. The Labute approximate surface area is 82.2 Å². The molecule has 0 aromatic carbocycles. The molecule has 0 bridgehead atoms. The van der Waals surface area contributed by atoms with Gasteiger partial charge in [0.2, 0.25) is 0 Å². The monoisotopic (exact) mass is 197 g/mol. The number of aromatic nitrogens is 1. The normalized spacial score (nSPS) is 19.1. The lowest BCUT2D eigenvalue weighted by atomic mass is 9.87. The van der Waals surface area contributed by atoms with Crippen LogP contribution in [0.5, 0.6) is 0 Å². The molecule has 4 N–H and O–H groups in total. The average molecular weight is 197 g/mol. The topological polar surface area (TPSA) is 64.9 Å². The summed E-state index contributed by atoms with van der Waals surface area (Å²) in [4.78, 5) is 4.31. The van der Waals surface area contributed by atoms with Gasteiger partial charge in [-0.2, -0.15) is 0 Å². The van der Waals surface area contributed by atoms with Gasteiger partial charge in [-0.05, 0) is 12.8 Å². The maximum absolute atomic E-state index is 5.85. The van der Waals surface area contributed by atoms with Crippen LogP contribution in [-0.2, 0) is 0 Å². The minimum Gasteiger partial charge on any atom is -0.389 e. The van der Waals surface area contributed by atoms with E-state index in [4.69, 9.17) is 11.5 Å². The third-order valence-corrected chi connectivity index (χ3v) is 3.42. The summed E-state index contributed by atoms with van der Waals surface area (Å²) in [5.41, 5.74) is 12.5. The first kappa shape index (κ1) is 8.81. The molecule has 2 rings (SSSR count). The van der Waals surface area contributed by atoms with Crippen molar-refractivity contribution >= 4 is 21.5 Å². The zero-order valence-corrected chi connectivity index (χ0v) is 8.44. The summed E-state index contributed by atoms with van der Waals surface area (Å²) in [7, 11) is 0. The Morgan fingerprint density at radius 3 is 2.38 bits per heavy atom. The summed E-state index contributed by atoms with van der Waals surface area (Å²) in [6.07, 6.45) is 6.43. The maximum Gasteiger partial charge on any atom is 0.182 e. The molecule has 0 atom stereocenters. The van der Waals surface area contributed by atoms with E-state index in [-0.39, 0.29) is 0 Å². The average Bonchev–Trinajstić information content (AvgIpc) is 2.47. The standard InChI is InChI=1S/C9H15N3S/c10-8-7(12-9(11)13-8)6-4-2-1-3-5-6/h6H,1-5,10H2,(H2,11,12). The molecule has 13 heavy (non-hydrogen) atoms. The van der Waals surface area contributed by atoms with E-state index in [1.165, 1.54) is 43.4 Å². The highest BCUT2D eigenvalue weighted by Gasteiger charge is 2.20. The van der Waals surface area contributed by atoms with Crippen LogP contribution in [0.1, 0.15) is 43.7 Å². The summed E-state index contributed by atoms with van der Waals surface area (Å²) >= 11 is 1.41. The molecular formula is C9H15N3S. The van der Waals surface area contributed by atoms with E-state index in [1.54, 1.807) is 0 Å². The molecule has 1 aliphatic carbocycles. The van der Waals surface area contributed by atoms with Gasteiger partial charge < -0.3 is 11.5 Å². The van der Waals surface area contributed by atoms with Gasteiger partial charge in [-0.3, -0.25) is 0 Å². The molecule has 3 nitrogen and oxygen atoms in total. The summed E-state index contributed by atoms with van der Waals surface area (Å²) in [5.74, 6) is 0.572. The Morgan fingerprint density at radius 2 is 1.85 bits per heavy atom. The van der Waals surface area contributed by atoms with Crippen LogP contribution in [0.2, 0.25) is 0 Å². The Balaban J connectivity index is 2.18. The zero-order chi connectivity index (χ0) is 9.26. The first-order chi connectivity index (χ1) is 6.27. The van der Waals surface area contributed by atoms with Crippen molar-refractivity contribution in [2.75, 3.05) is 11.5 Å². The highest BCUT2D eigenvalue weighted by molar-refractivity contribution is 7.19. The number of nitrogen functional groups attached to an aromatic ring is 2. The smallest absolute Gasteiger partial charge is 0.182 e. The van der Waals surface area contributed by atoms with Crippen LogP contribution in [0.4, 0.5) is 10.1 Å². The van der Waals surface area contributed by atoms with Gasteiger partial charge in [-0.15, -0.1) is 0 Å². The van der Waals surface area contributed by atoms with Gasteiger partial charge in [0.1, 0.15) is 5.00 Å². The molecule has 0 saturated heterocycles. The van der Waals surface area contributed by atoms with Crippen molar-refractivity contribution in [3.8, 4) is 0 Å². The molecule has 1 saturated carbocycles. The van der Waals surface area contributed by atoms with E-state index in [0.717, 1.165) is 10.7 Å². The van der Waals surface area contributed by atoms with Gasteiger partial charge in [0, 0.05) is 5.92 Å². The largest absolute Gasteiger partial charge is 0.389 e. The molecule has 0 unspecified atom stereocenters. The number of nitrogens with two attached hydrogens (primary N) is 2. The minimum atomic E-state index is 0.572. The van der Waals surface area contributed by atoms with Crippen molar-refractivity contribution in [1.29, 1.82) is 0 Å². The fraction of sp³-hybridized carbons (Fsp3) is 0.667. The maximum atomic E-state index is 5.85. The summed E-state index contributed by atoms with van der Waals surface area (Å²) in [6.45, 7) is 0. The lowest BCUT2D eigenvalue weighted by Crippen LogP contribution is -2.06. The third kappa shape index (κ3) is 1.77. The Hall–Kier alpha value is -0.770. The van der Waals surface area contributed by atoms with Crippen LogP contribution in [-0.4, -0.2) is 4.98 Å². The van der Waals surface area contributed by atoms with Crippen molar-refractivity contribution in [2.45, 2.75) is 38.0 Å². The summed E-state index contributed by atoms with van der Waals surface area (Å²) in [5, 5.41) is 1.43. The summed E-state index contributed by atoms with van der Waals surface area (Å²) in [6, 6.07) is 0. The molecule has 1 aromatic rings. The van der Waals surface area contributed by atoms with Crippen molar-refractivity contribution in [3.63, 3.8) is 0 Å². The van der Waals surface area contributed by atoms with Crippen molar-refractivity contribution in [3.05, 3.63) is 5.69 Å². The van der Waals surface area contributed by atoms with Gasteiger partial charge in [0.25, 0.3) is 0 Å². The lowest BCUT2D eigenvalue weighted by Gasteiger charge is -2.19. The summed E-state index contributed by atoms with van der Waals surface area (Å²) < 4.78 is 0. The van der Waals surface area contributed by atoms with E-state index in [9.17, 15) is 0 Å². The van der Waals surface area contributed by atoms with Gasteiger partial charge in [-0.25, -0.2) is 4.98 Å². The van der Waals surface area contributed by atoms with Crippen LogP contribution >= 0.6 is 11.3 Å². The second-order valence-electron chi connectivity index (χ2n) is 3.64. The first-order valence-electron chi connectivity index (χ1n) is 4.79. The van der Waals surface area contributed by atoms with Gasteiger partial charge >= 0.3 is 0 Å². The molecule has 72 valence electrons. The number of nitrogens with zero attached hydrogens (tertiary/aromatic N) is 1. The number of rotatable bonds is 1. The quantitative estimate of drug-likeness (QED) is 0.726. The third-order valence-electron chi connectivity index (χ3n) is 2.69. The molecule has 1 fully saturated rings. The van der Waals surface area contributed by atoms with E-state index in [0.29, 0.717) is 11.0 Å². The molecule has 1 aliphatic rings. The minimum absolute atomic E-state index is 0.572. The van der Waals surface area contributed by atoms with E-state index in [1.807, 2.05) is 0 Å². The first-order valence-corrected chi connectivity index (χ1v) is 5.60. The molecule has 4 heteroatoms. The second-order valence-corrected chi connectivity index (χ2v) is 4.70. The fourth-order valence-electron chi connectivity index (χ4n) is 2.03. The highest BCUT2D eigenvalue weighted by Crippen LogP contribution is 2.37. The Morgan fingerprint density at radius 1 is 1.15 bits per heavy atom. The molecule has 0 spiro atoms. The number of hydrogen-bond acceptors (Lipinski definition) is 4. The Bertz CT molecular complexity index is 289. The molecule has 1 aromatic heterocycles. The predicted molar refractivity (Wildman–Crippen MR) is 56.8 cm³/mol. The van der Waals surface area contributed by atoms with Crippen LogP contribution in [0.15, 0.2) is 0 Å². The van der Waals surface area contributed by atoms with E-state index >= 15 is 0 Å². The van der Waals surface area contributed by atoms with Crippen LogP contribution in [0, 0.1) is 0 Å². The van der Waals surface area contributed by atoms with Crippen molar-refractivity contribution in [1.82, 2.24) is 4.98 Å². The number of thiazole rings is 1. The molecule has 1 heterocycles. The number of hydrogen-bond donors (Lipinski definition) is 2. The molecule has 0 amide bonds. The van der Waals surface area contributed by atoms with E-state index < -0.39 is 0 Å². The second kappa shape index (κ2) is 3.54. The predicted octanol–water partition coefficient (Wildman–Crippen LogP) is 2.36. The number of anilines is 2. The van der Waals surface area contributed by atoms with E-state index in [2.05, 4.69) is 4.98 Å². The molecular weight excluding hydrogens is 182 g/mol. The highest BCUT2D eigenvalue weighted by atomic mass is 32.1. The molecule has 0 radical (unpaired) electrons. The lowest BCUT2D eigenvalue weighted by molar-refractivity contribution is 0.439. The van der Waals surface area contributed by atoms with Gasteiger partial charge in [-0.1, -0.05) is 30.6 Å².